The summed E-state index contributed by atoms with van der Waals surface area (Å²) in [6.45, 7) is 0.313. The van der Waals surface area contributed by atoms with Gasteiger partial charge >= 0.3 is 0 Å². The van der Waals surface area contributed by atoms with Crippen LogP contribution in [0.15, 0.2) is 41.0 Å². The van der Waals surface area contributed by atoms with Crippen molar-refractivity contribution in [3.05, 3.63) is 52.4 Å². The van der Waals surface area contributed by atoms with Crippen molar-refractivity contribution < 1.29 is 9.13 Å². The maximum Gasteiger partial charge on any atom is 0.140 e. The minimum absolute atomic E-state index is 0.313. The molecule has 2 rings (SSSR count). The van der Waals surface area contributed by atoms with Gasteiger partial charge in [0.1, 0.15) is 24.0 Å². The highest BCUT2D eigenvalue weighted by Gasteiger charge is 2.01. The number of nitrogens with two attached hydrogens (primary N) is 1. The molecule has 2 aromatic rings. The van der Waals surface area contributed by atoms with Gasteiger partial charge in [-0.2, -0.15) is 0 Å². The Morgan fingerprint density at radius 3 is 2.89 bits per heavy atom. The highest BCUT2D eigenvalue weighted by Crippen LogP contribution is 2.21. The Morgan fingerprint density at radius 2 is 2.17 bits per heavy atom. The van der Waals surface area contributed by atoms with E-state index in [2.05, 4.69) is 26.3 Å². The van der Waals surface area contributed by atoms with Crippen LogP contribution < -0.4 is 16.0 Å². The quantitative estimate of drug-likeness (QED) is 0.673. The van der Waals surface area contributed by atoms with Crippen LogP contribution in [0.2, 0.25) is 0 Å². The number of hydrogen-bond donors (Lipinski definition) is 2. The zero-order chi connectivity index (χ0) is 13.0. The summed E-state index contributed by atoms with van der Waals surface area (Å²) >= 11 is 3.21. The second-order valence-electron chi connectivity index (χ2n) is 3.59. The topological polar surface area (TPSA) is 60.2 Å². The van der Waals surface area contributed by atoms with E-state index in [4.69, 9.17) is 10.6 Å². The number of nitrogen functional groups attached to an aromatic ring is 1. The van der Waals surface area contributed by atoms with E-state index >= 15 is 0 Å². The van der Waals surface area contributed by atoms with Crippen LogP contribution in [0.1, 0.15) is 5.56 Å². The number of halogens is 2. The molecule has 18 heavy (non-hydrogen) atoms. The van der Waals surface area contributed by atoms with Crippen LogP contribution in [0.5, 0.6) is 5.75 Å². The zero-order valence-corrected chi connectivity index (χ0v) is 10.9. The standard InChI is InChI=1S/C12H11BrFN3O/c13-9-4-10(14)6-11(5-9)18-7-8-1-2-16-12(3-8)17-15/h1-6H,7,15H2,(H,16,17). The lowest BCUT2D eigenvalue weighted by Gasteiger charge is -2.08. The molecule has 0 spiro atoms. The first-order chi connectivity index (χ1) is 8.67. The van der Waals surface area contributed by atoms with Gasteiger partial charge in [-0.15, -0.1) is 0 Å². The summed E-state index contributed by atoms with van der Waals surface area (Å²) in [6, 6.07) is 7.96. The fourth-order valence-corrected chi connectivity index (χ4v) is 1.87. The third-order valence-electron chi connectivity index (χ3n) is 2.21. The van der Waals surface area contributed by atoms with Gasteiger partial charge in [0.25, 0.3) is 0 Å². The number of benzene rings is 1. The van der Waals surface area contributed by atoms with E-state index in [1.54, 1.807) is 24.4 Å². The van der Waals surface area contributed by atoms with E-state index in [1.807, 2.05) is 0 Å². The minimum Gasteiger partial charge on any atom is -0.489 e. The minimum atomic E-state index is -0.349. The summed E-state index contributed by atoms with van der Waals surface area (Å²) in [6.07, 6.45) is 1.62. The third-order valence-corrected chi connectivity index (χ3v) is 2.67. The molecule has 3 N–H and O–H groups in total. The summed E-state index contributed by atoms with van der Waals surface area (Å²) in [5.74, 6) is 5.92. The number of nitrogens with one attached hydrogen (secondary N) is 1. The second-order valence-corrected chi connectivity index (χ2v) is 4.50. The number of nitrogens with zero attached hydrogens (tertiary/aromatic N) is 1. The van der Waals surface area contributed by atoms with Crippen LogP contribution in [-0.2, 0) is 6.61 Å². The molecule has 0 unspecified atom stereocenters. The van der Waals surface area contributed by atoms with Crippen molar-refractivity contribution in [3.63, 3.8) is 0 Å². The molecule has 0 bridgehead atoms. The molecular weight excluding hydrogens is 301 g/mol. The van der Waals surface area contributed by atoms with Crippen molar-refractivity contribution >= 4 is 21.7 Å². The Hall–Kier alpha value is -1.66. The largest absolute Gasteiger partial charge is 0.489 e. The summed E-state index contributed by atoms with van der Waals surface area (Å²) in [7, 11) is 0. The molecule has 0 radical (unpaired) electrons. The highest BCUT2D eigenvalue weighted by molar-refractivity contribution is 9.10. The lowest BCUT2D eigenvalue weighted by molar-refractivity contribution is 0.304. The first-order valence-corrected chi connectivity index (χ1v) is 5.97. The van der Waals surface area contributed by atoms with E-state index < -0.39 is 0 Å². The fraction of sp³-hybridized carbons (Fsp3) is 0.0833. The van der Waals surface area contributed by atoms with Crippen LogP contribution in [0.3, 0.4) is 0 Å². The number of hydrazine groups is 1. The van der Waals surface area contributed by atoms with Crippen LogP contribution in [0.25, 0.3) is 0 Å². The number of ether oxygens (including phenoxy) is 1. The lowest BCUT2D eigenvalue weighted by Crippen LogP contribution is -2.09. The van der Waals surface area contributed by atoms with Gasteiger partial charge in [0.05, 0.1) is 0 Å². The molecule has 0 aliphatic rings. The first kappa shape index (κ1) is 12.8. The summed E-state index contributed by atoms with van der Waals surface area (Å²) in [4.78, 5) is 3.98. The Kier molecular flexibility index (Phi) is 4.11. The van der Waals surface area contributed by atoms with Crippen LogP contribution in [-0.4, -0.2) is 4.98 Å². The third kappa shape index (κ3) is 3.41. The van der Waals surface area contributed by atoms with Gasteiger partial charge in [-0.05, 0) is 29.8 Å². The smallest absolute Gasteiger partial charge is 0.140 e. The van der Waals surface area contributed by atoms with Gasteiger partial charge in [-0.3, -0.25) is 0 Å². The molecule has 4 nitrogen and oxygen atoms in total. The van der Waals surface area contributed by atoms with Gasteiger partial charge in [0.2, 0.25) is 0 Å². The molecule has 0 saturated heterocycles. The maximum atomic E-state index is 13.1. The number of anilines is 1. The summed E-state index contributed by atoms with van der Waals surface area (Å²) in [5, 5.41) is 0. The van der Waals surface area contributed by atoms with Crippen molar-refractivity contribution in [2.75, 3.05) is 5.43 Å². The highest BCUT2D eigenvalue weighted by atomic mass is 79.9. The van der Waals surface area contributed by atoms with Crippen molar-refractivity contribution in [2.45, 2.75) is 6.61 Å². The van der Waals surface area contributed by atoms with Crippen molar-refractivity contribution in [3.8, 4) is 5.75 Å². The van der Waals surface area contributed by atoms with Crippen molar-refractivity contribution in [2.24, 2.45) is 5.84 Å². The number of pyridine rings is 1. The number of hydrogen-bond acceptors (Lipinski definition) is 4. The summed E-state index contributed by atoms with van der Waals surface area (Å²) < 4.78 is 19.2. The van der Waals surface area contributed by atoms with Crippen LogP contribution in [0.4, 0.5) is 10.2 Å². The molecule has 6 heteroatoms. The van der Waals surface area contributed by atoms with E-state index in [9.17, 15) is 4.39 Å². The number of rotatable bonds is 4. The molecule has 0 atom stereocenters. The van der Waals surface area contributed by atoms with E-state index in [1.165, 1.54) is 12.1 Å². The average Bonchev–Trinajstić information content (AvgIpc) is 2.35. The molecule has 1 heterocycles. The maximum absolute atomic E-state index is 13.1. The zero-order valence-electron chi connectivity index (χ0n) is 9.36. The van der Waals surface area contributed by atoms with Gasteiger partial charge < -0.3 is 10.2 Å². The Labute approximate surface area is 112 Å². The van der Waals surface area contributed by atoms with Gasteiger partial charge in [-0.1, -0.05) is 15.9 Å². The summed E-state index contributed by atoms with van der Waals surface area (Å²) in [5.41, 5.74) is 3.34. The molecule has 0 aliphatic carbocycles. The van der Waals surface area contributed by atoms with Crippen LogP contribution in [0, 0.1) is 5.82 Å². The van der Waals surface area contributed by atoms with E-state index in [-0.39, 0.29) is 5.82 Å². The van der Waals surface area contributed by atoms with Crippen molar-refractivity contribution in [1.29, 1.82) is 0 Å². The lowest BCUT2D eigenvalue weighted by atomic mass is 10.3. The molecule has 0 saturated carbocycles. The predicted octanol–water partition coefficient (Wildman–Crippen LogP) is 2.85. The Bertz CT molecular complexity index is 530. The fourth-order valence-electron chi connectivity index (χ4n) is 1.42. The molecule has 0 aliphatic heterocycles. The molecule has 0 amide bonds. The monoisotopic (exact) mass is 311 g/mol. The normalized spacial score (nSPS) is 10.2. The molecule has 94 valence electrons. The van der Waals surface area contributed by atoms with Gasteiger partial charge in [0.15, 0.2) is 0 Å². The van der Waals surface area contributed by atoms with E-state index in [0.717, 1.165) is 5.56 Å². The number of aromatic nitrogens is 1. The second kappa shape index (κ2) is 5.79. The van der Waals surface area contributed by atoms with Crippen molar-refractivity contribution in [1.82, 2.24) is 4.98 Å². The molecule has 1 aromatic carbocycles. The molecule has 1 aromatic heterocycles. The first-order valence-electron chi connectivity index (χ1n) is 5.18. The molecule has 0 fully saturated rings. The SMILES string of the molecule is NNc1cc(COc2cc(F)cc(Br)c2)ccn1. The average molecular weight is 312 g/mol. The van der Waals surface area contributed by atoms with Crippen LogP contribution >= 0.6 is 15.9 Å². The molecular formula is C12H11BrFN3O. The van der Waals surface area contributed by atoms with Gasteiger partial charge in [0, 0.05) is 16.7 Å². The van der Waals surface area contributed by atoms with E-state index in [0.29, 0.717) is 22.6 Å². The van der Waals surface area contributed by atoms with Gasteiger partial charge in [-0.25, -0.2) is 15.2 Å². The Balaban J connectivity index is 2.06. The predicted molar refractivity (Wildman–Crippen MR) is 70.5 cm³/mol. The Morgan fingerprint density at radius 1 is 1.33 bits per heavy atom.